The number of nitrogens with zero attached hydrogens (tertiary/aromatic N) is 2. The number of piperidine rings is 1. The summed E-state index contributed by atoms with van der Waals surface area (Å²) in [5.74, 6) is 0.944. The molecule has 0 saturated carbocycles. The quantitative estimate of drug-likeness (QED) is 0.525. The highest BCUT2D eigenvalue weighted by Gasteiger charge is 2.40. The number of carbonyl (C=O) groups is 1. The first-order chi connectivity index (χ1) is 14.7. The normalized spacial score (nSPS) is 16.0. The van der Waals surface area contributed by atoms with E-state index in [-0.39, 0.29) is 11.3 Å². The van der Waals surface area contributed by atoms with Crippen LogP contribution in [0.2, 0.25) is 0 Å². The summed E-state index contributed by atoms with van der Waals surface area (Å²) in [6.07, 6.45) is 2.00. The summed E-state index contributed by atoms with van der Waals surface area (Å²) in [6, 6.07) is 27.0. The van der Waals surface area contributed by atoms with Gasteiger partial charge in [-0.05, 0) is 49.1 Å². The molecule has 2 heterocycles. The molecule has 1 fully saturated rings. The molecular formula is C26H25N3O. The van der Waals surface area contributed by atoms with Gasteiger partial charge >= 0.3 is 0 Å². The number of H-pyrrole nitrogens is 1. The molecule has 0 atom stereocenters. The minimum absolute atomic E-state index is 0.0834. The van der Waals surface area contributed by atoms with E-state index in [0.29, 0.717) is 12.1 Å². The van der Waals surface area contributed by atoms with Gasteiger partial charge in [-0.2, -0.15) is 0 Å². The molecule has 1 aromatic heterocycles. The van der Waals surface area contributed by atoms with Crippen LogP contribution in [0, 0.1) is 6.92 Å². The van der Waals surface area contributed by atoms with Gasteiger partial charge in [0.15, 0.2) is 0 Å². The van der Waals surface area contributed by atoms with E-state index in [9.17, 15) is 4.79 Å². The molecule has 5 rings (SSSR count). The van der Waals surface area contributed by atoms with Crippen molar-refractivity contribution in [2.75, 3.05) is 13.1 Å². The summed E-state index contributed by atoms with van der Waals surface area (Å²) >= 11 is 0. The Kier molecular flexibility index (Phi) is 4.62. The Morgan fingerprint density at radius 2 is 1.63 bits per heavy atom. The third-order valence-corrected chi connectivity index (χ3v) is 6.28. The zero-order valence-electron chi connectivity index (χ0n) is 17.1. The molecule has 30 heavy (non-hydrogen) atoms. The van der Waals surface area contributed by atoms with E-state index < -0.39 is 0 Å². The predicted octanol–water partition coefficient (Wildman–Crippen LogP) is 5.09. The number of aromatic nitrogens is 2. The smallest absolute Gasteiger partial charge is 0.253 e. The van der Waals surface area contributed by atoms with Gasteiger partial charge in [0.25, 0.3) is 5.91 Å². The molecule has 4 nitrogen and oxygen atoms in total. The lowest BCUT2D eigenvalue weighted by Gasteiger charge is -2.44. The van der Waals surface area contributed by atoms with Gasteiger partial charge < -0.3 is 9.88 Å². The van der Waals surface area contributed by atoms with Gasteiger partial charge in [0, 0.05) is 24.1 Å². The summed E-state index contributed by atoms with van der Waals surface area (Å²) in [7, 11) is 0. The Morgan fingerprint density at radius 3 is 2.30 bits per heavy atom. The molecule has 1 aliphatic rings. The van der Waals surface area contributed by atoms with Gasteiger partial charge in [-0.25, -0.2) is 4.98 Å². The molecule has 150 valence electrons. The molecule has 0 spiro atoms. The molecule has 1 amide bonds. The molecular weight excluding hydrogens is 370 g/mol. The lowest BCUT2D eigenvalue weighted by atomic mass is 9.69. The van der Waals surface area contributed by atoms with Crippen molar-refractivity contribution in [1.82, 2.24) is 14.9 Å². The maximum atomic E-state index is 13.5. The van der Waals surface area contributed by atoms with Gasteiger partial charge in [-0.3, -0.25) is 4.79 Å². The maximum absolute atomic E-state index is 13.5. The number of carbonyl (C=O) groups excluding carboxylic acids is 1. The van der Waals surface area contributed by atoms with E-state index in [1.165, 1.54) is 11.1 Å². The molecule has 3 aromatic carbocycles. The minimum atomic E-state index is -0.189. The number of aryl methyl sites for hydroxylation is 1. The number of hydrogen-bond acceptors (Lipinski definition) is 2. The largest absolute Gasteiger partial charge is 0.342 e. The zero-order chi connectivity index (χ0) is 20.6. The predicted molar refractivity (Wildman–Crippen MR) is 120 cm³/mol. The SMILES string of the molecule is Cc1nc2ccc(C(=O)N3CCCC(c4ccccc4)(c4ccccc4)C3)cc2[nH]1. The van der Waals surface area contributed by atoms with Crippen molar-refractivity contribution in [3.05, 3.63) is 101 Å². The number of rotatable bonds is 3. The molecule has 0 unspecified atom stereocenters. The number of hydrogen-bond donors (Lipinski definition) is 1. The lowest BCUT2D eigenvalue weighted by Crippen LogP contribution is -2.49. The van der Waals surface area contributed by atoms with Crippen molar-refractivity contribution in [2.45, 2.75) is 25.2 Å². The summed E-state index contributed by atoms with van der Waals surface area (Å²) < 4.78 is 0. The molecule has 1 aliphatic heterocycles. The molecule has 4 heteroatoms. The second-order valence-electron chi connectivity index (χ2n) is 8.20. The second-order valence-corrected chi connectivity index (χ2v) is 8.20. The van der Waals surface area contributed by atoms with Gasteiger partial charge in [-0.15, -0.1) is 0 Å². The van der Waals surface area contributed by atoms with Crippen LogP contribution in [0.25, 0.3) is 11.0 Å². The zero-order valence-corrected chi connectivity index (χ0v) is 17.1. The van der Waals surface area contributed by atoms with Crippen molar-refractivity contribution in [3.8, 4) is 0 Å². The summed E-state index contributed by atoms with van der Waals surface area (Å²) in [5, 5.41) is 0. The van der Waals surface area contributed by atoms with E-state index in [2.05, 4.69) is 70.6 Å². The van der Waals surface area contributed by atoms with Gasteiger partial charge in [-0.1, -0.05) is 60.7 Å². The molecule has 0 bridgehead atoms. The summed E-state index contributed by atoms with van der Waals surface area (Å²) in [4.78, 5) is 23.2. The highest BCUT2D eigenvalue weighted by Crippen LogP contribution is 2.40. The summed E-state index contributed by atoms with van der Waals surface area (Å²) in [6.45, 7) is 3.39. The van der Waals surface area contributed by atoms with Crippen LogP contribution >= 0.6 is 0 Å². The highest BCUT2D eigenvalue weighted by atomic mass is 16.2. The van der Waals surface area contributed by atoms with Crippen molar-refractivity contribution in [1.29, 1.82) is 0 Å². The minimum Gasteiger partial charge on any atom is -0.342 e. The number of imidazole rings is 1. The second kappa shape index (κ2) is 7.45. The average molecular weight is 396 g/mol. The van der Waals surface area contributed by atoms with Crippen molar-refractivity contribution >= 4 is 16.9 Å². The molecule has 0 aliphatic carbocycles. The Morgan fingerprint density at radius 1 is 0.967 bits per heavy atom. The first-order valence-electron chi connectivity index (χ1n) is 10.5. The van der Waals surface area contributed by atoms with Gasteiger partial charge in [0.05, 0.1) is 11.0 Å². The average Bonchev–Trinajstić information content (AvgIpc) is 3.19. The number of nitrogens with one attached hydrogen (secondary N) is 1. The van der Waals surface area contributed by atoms with Crippen LogP contribution in [-0.2, 0) is 5.41 Å². The summed E-state index contributed by atoms with van der Waals surface area (Å²) in [5.41, 5.74) is 4.87. The Bertz CT molecular complexity index is 1140. The number of aromatic amines is 1. The number of likely N-dealkylation sites (tertiary alicyclic amines) is 1. The molecule has 1 N–H and O–H groups in total. The van der Waals surface area contributed by atoms with Crippen LogP contribution in [0.15, 0.2) is 78.9 Å². The monoisotopic (exact) mass is 395 g/mol. The van der Waals surface area contributed by atoms with Crippen LogP contribution in [0.5, 0.6) is 0 Å². The van der Waals surface area contributed by atoms with E-state index >= 15 is 0 Å². The lowest BCUT2D eigenvalue weighted by molar-refractivity contribution is 0.0666. The molecule has 4 aromatic rings. The molecule has 1 saturated heterocycles. The van der Waals surface area contributed by atoms with E-state index in [1.54, 1.807) is 0 Å². The van der Waals surface area contributed by atoms with Crippen LogP contribution in [-0.4, -0.2) is 33.9 Å². The van der Waals surface area contributed by atoms with Crippen LogP contribution < -0.4 is 0 Å². The van der Waals surface area contributed by atoms with Crippen molar-refractivity contribution in [3.63, 3.8) is 0 Å². The maximum Gasteiger partial charge on any atom is 0.253 e. The van der Waals surface area contributed by atoms with Gasteiger partial charge in [0.1, 0.15) is 5.82 Å². The first-order valence-corrected chi connectivity index (χ1v) is 10.5. The Hall–Kier alpha value is -3.40. The van der Waals surface area contributed by atoms with Crippen LogP contribution in [0.4, 0.5) is 0 Å². The fraction of sp³-hybridized carbons (Fsp3) is 0.231. The Balaban J connectivity index is 1.53. The van der Waals surface area contributed by atoms with Crippen molar-refractivity contribution < 1.29 is 4.79 Å². The molecule has 0 radical (unpaired) electrons. The van der Waals surface area contributed by atoms with E-state index in [0.717, 1.165) is 36.2 Å². The van der Waals surface area contributed by atoms with Gasteiger partial charge in [0.2, 0.25) is 0 Å². The van der Waals surface area contributed by atoms with E-state index in [1.807, 2.05) is 30.0 Å². The third-order valence-electron chi connectivity index (χ3n) is 6.28. The Labute approximate surface area is 176 Å². The number of benzene rings is 3. The first kappa shape index (κ1) is 18.6. The third kappa shape index (κ3) is 3.18. The fourth-order valence-corrected chi connectivity index (χ4v) is 4.83. The topological polar surface area (TPSA) is 49.0 Å². The van der Waals surface area contributed by atoms with Crippen molar-refractivity contribution in [2.24, 2.45) is 0 Å². The number of fused-ring (bicyclic) bond motifs is 1. The van der Waals surface area contributed by atoms with Crippen LogP contribution in [0.1, 0.15) is 40.2 Å². The highest BCUT2D eigenvalue weighted by molar-refractivity contribution is 5.97. The van der Waals surface area contributed by atoms with Crippen LogP contribution in [0.3, 0.4) is 0 Å². The van der Waals surface area contributed by atoms with E-state index in [4.69, 9.17) is 0 Å². The number of amides is 1. The fourth-order valence-electron chi connectivity index (χ4n) is 4.83. The standard InChI is InChI=1S/C26H25N3O/c1-19-27-23-14-13-20(17-24(23)28-19)25(30)29-16-8-15-26(18-29,21-9-4-2-5-10-21)22-11-6-3-7-12-22/h2-7,9-14,17H,8,15-16,18H2,1H3,(H,27,28).